The molecule has 118 valence electrons. The van der Waals surface area contributed by atoms with E-state index in [2.05, 4.69) is 58.7 Å². The molecule has 1 atom stereocenters. The van der Waals surface area contributed by atoms with Crippen LogP contribution < -0.4 is 5.32 Å². The number of amides is 1. The number of piperidine rings is 1. The van der Waals surface area contributed by atoms with Crippen LogP contribution in [0.4, 0.5) is 0 Å². The molecule has 20 heavy (non-hydrogen) atoms. The quantitative estimate of drug-likeness (QED) is 0.601. The summed E-state index contributed by atoms with van der Waals surface area (Å²) in [5.74, 6) is 0. The van der Waals surface area contributed by atoms with Crippen LogP contribution in [0.15, 0.2) is 0 Å². The van der Waals surface area contributed by atoms with Crippen molar-refractivity contribution in [3.8, 4) is 0 Å². The topological polar surface area (TPSA) is 35.6 Å². The molecule has 1 N–H and O–H groups in total. The van der Waals surface area contributed by atoms with E-state index in [4.69, 9.17) is 0 Å². The molecule has 1 aliphatic rings. The van der Waals surface area contributed by atoms with Gasteiger partial charge < -0.3 is 10.2 Å². The first-order valence-corrected chi connectivity index (χ1v) is 7.92. The molecule has 1 rings (SSSR count). The summed E-state index contributed by atoms with van der Waals surface area (Å²) in [5.41, 5.74) is 0.132. The van der Waals surface area contributed by atoms with Crippen LogP contribution in [0.3, 0.4) is 0 Å². The van der Waals surface area contributed by atoms with E-state index in [1.165, 1.54) is 0 Å². The lowest BCUT2D eigenvalue weighted by Crippen LogP contribution is -2.64. The van der Waals surface area contributed by atoms with Crippen molar-refractivity contribution < 1.29 is 4.79 Å². The Kier molecular flexibility index (Phi) is 5.61. The van der Waals surface area contributed by atoms with Gasteiger partial charge in [-0.25, -0.2) is 0 Å². The van der Waals surface area contributed by atoms with E-state index in [-0.39, 0.29) is 17.2 Å². The number of nitrogens with zero attached hydrogens (tertiary/aromatic N) is 2. The molecule has 1 aliphatic heterocycles. The van der Waals surface area contributed by atoms with Gasteiger partial charge in [0.25, 0.3) is 0 Å². The minimum Gasteiger partial charge on any atom is -0.327 e. The monoisotopic (exact) mass is 283 g/mol. The highest BCUT2D eigenvalue weighted by Gasteiger charge is 2.41. The van der Waals surface area contributed by atoms with E-state index in [9.17, 15) is 4.79 Å². The molecule has 0 spiro atoms. The first-order valence-electron chi connectivity index (χ1n) is 7.92. The molecular formula is C16H33N3O. The van der Waals surface area contributed by atoms with Gasteiger partial charge in [0, 0.05) is 17.1 Å². The van der Waals surface area contributed by atoms with Crippen LogP contribution in [0, 0.1) is 0 Å². The highest BCUT2D eigenvalue weighted by Crippen LogP contribution is 2.32. The van der Waals surface area contributed by atoms with Crippen molar-refractivity contribution in [2.75, 3.05) is 13.1 Å². The Morgan fingerprint density at radius 2 is 1.60 bits per heavy atom. The summed E-state index contributed by atoms with van der Waals surface area (Å²) in [7, 11) is 0. The van der Waals surface area contributed by atoms with E-state index >= 15 is 0 Å². The lowest BCUT2D eigenvalue weighted by atomic mass is 9.79. The van der Waals surface area contributed by atoms with Crippen LogP contribution in [0.1, 0.15) is 61.3 Å². The molecule has 1 unspecified atom stereocenters. The number of nitrogens with one attached hydrogen (secondary N) is 1. The van der Waals surface area contributed by atoms with Gasteiger partial charge >= 0.3 is 0 Å². The molecule has 1 amide bonds. The lowest BCUT2D eigenvalue weighted by Gasteiger charge is -2.51. The summed E-state index contributed by atoms with van der Waals surface area (Å²) in [6, 6.07) is 0.300. The van der Waals surface area contributed by atoms with Crippen molar-refractivity contribution in [2.45, 2.75) is 84.6 Å². The fourth-order valence-corrected chi connectivity index (χ4v) is 3.90. The van der Waals surface area contributed by atoms with E-state index in [0.29, 0.717) is 6.04 Å². The van der Waals surface area contributed by atoms with Crippen LogP contribution >= 0.6 is 0 Å². The molecule has 1 fully saturated rings. The second-order valence-corrected chi connectivity index (χ2v) is 7.36. The standard InChI is InChI=1S/C16H33N3O/c1-8-18(9-2)13(3)19(12-20)14-10-15(4,5)17-16(6,7)11-14/h12-14,17H,8-11H2,1-7H3. The molecule has 0 aromatic carbocycles. The van der Waals surface area contributed by atoms with Crippen molar-refractivity contribution in [3.63, 3.8) is 0 Å². The fraction of sp³-hybridized carbons (Fsp3) is 0.938. The first kappa shape index (κ1) is 17.4. The Hall–Kier alpha value is -0.610. The third-order valence-electron chi connectivity index (χ3n) is 4.48. The Bertz CT molecular complexity index is 308. The van der Waals surface area contributed by atoms with Gasteiger partial charge in [0.2, 0.25) is 6.41 Å². The molecule has 0 aliphatic carbocycles. The minimum atomic E-state index is 0.0661. The van der Waals surface area contributed by atoms with Gasteiger partial charge in [-0.2, -0.15) is 0 Å². The Balaban J connectivity index is 2.91. The number of carbonyl (C=O) groups is 1. The third-order valence-corrected chi connectivity index (χ3v) is 4.48. The van der Waals surface area contributed by atoms with Gasteiger partial charge in [0.05, 0.1) is 6.17 Å². The van der Waals surface area contributed by atoms with Crippen LogP contribution in [0.25, 0.3) is 0 Å². The zero-order chi connectivity index (χ0) is 15.6. The summed E-state index contributed by atoms with van der Waals surface area (Å²) < 4.78 is 0. The summed E-state index contributed by atoms with van der Waals surface area (Å²) in [6.45, 7) is 17.3. The summed E-state index contributed by atoms with van der Waals surface area (Å²) in [5, 5.41) is 3.68. The van der Waals surface area contributed by atoms with Crippen LogP contribution in [-0.2, 0) is 4.79 Å². The zero-order valence-corrected chi connectivity index (χ0v) is 14.4. The number of hydrogen-bond donors (Lipinski definition) is 1. The van der Waals surface area contributed by atoms with Crippen molar-refractivity contribution in [2.24, 2.45) is 0 Å². The van der Waals surface area contributed by atoms with Crippen LogP contribution in [-0.4, -0.2) is 52.6 Å². The molecule has 0 radical (unpaired) electrons. The largest absolute Gasteiger partial charge is 0.327 e. The molecular weight excluding hydrogens is 250 g/mol. The molecule has 1 heterocycles. The van der Waals surface area contributed by atoms with Crippen molar-refractivity contribution in [1.82, 2.24) is 15.1 Å². The molecule has 0 bridgehead atoms. The molecule has 0 aromatic rings. The van der Waals surface area contributed by atoms with Gasteiger partial charge in [-0.1, -0.05) is 13.8 Å². The SMILES string of the molecule is CCN(CC)C(C)N(C=O)C1CC(C)(C)NC(C)(C)C1. The predicted octanol–water partition coefficient (Wildman–Crippen LogP) is 2.44. The fourth-order valence-electron chi connectivity index (χ4n) is 3.90. The van der Waals surface area contributed by atoms with Crippen molar-refractivity contribution in [1.29, 1.82) is 0 Å². The van der Waals surface area contributed by atoms with Gasteiger partial charge in [-0.15, -0.1) is 0 Å². The molecule has 4 nitrogen and oxygen atoms in total. The second-order valence-electron chi connectivity index (χ2n) is 7.36. The van der Waals surface area contributed by atoms with E-state index in [1.54, 1.807) is 0 Å². The Labute approximate surface area is 124 Å². The zero-order valence-electron chi connectivity index (χ0n) is 14.4. The van der Waals surface area contributed by atoms with E-state index in [1.807, 2.05) is 4.90 Å². The second kappa shape index (κ2) is 6.44. The molecule has 4 heteroatoms. The van der Waals surface area contributed by atoms with Gasteiger partial charge in [0.15, 0.2) is 0 Å². The normalized spacial score (nSPS) is 23.6. The average molecular weight is 283 g/mol. The van der Waals surface area contributed by atoms with E-state index < -0.39 is 0 Å². The van der Waals surface area contributed by atoms with E-state index in [0.717, 1.165) is 32.3 Å². The van der Waals surface area contributed by atoms with Gasteiger partial charge in [-0.3, -0.25) is 9.69 Å². The first-order chi connectivity index (χ1) is 9.15. The average Bonchev–Trinajstić information content (AvgIpc) is 2.27. The summed E-state index contributed by atoms with van der Waals surface area (Å²) in [4.78, 5) is 16.0. The highest BCUT2D eigenvalue weighted by atomic mass is 16.1. The molecule has 0 aromatic heterocycles. The Morgan fingerprint density at radius 1 is 1.15 bits per heavy atom. The molecule has 1 saturated heterocycles. The molecule has 0 saturated carbocycles. The number of rotatable bonds is 6. The minimum absolute atomic E-state index is 0.0661. The third kappa shape index (κ3) is 4.19. The summed E-state index contributed by atoms with van der Waals surface area (Å²) >= 11 is 0. The van der Waals surface area contributed by atoms with Crippen LogP contribution in [0.2, 0.25) is 0 Å². The van der Waals surface area contributed by atoms with Crippen molar-refractivity contribution >= 4 is 6.41 Å². The van der Waals surface area contributed by atoms with Gasteiger partial charge in [-0.05, 0) is 60.5 Å². The maximum absolute atomic E-state index is 11.7. The predicted molar refractivity (Wildman–Crippen MR) is 84.6 cm³/mol. The summed E-state index contributed by atoms with van der Waals surface area (Å²) in [6.07, 6.45) is 3.21. The lowest BCUT2D eigenvalue weighted by molar-refractivity contribution is -0.129. The number of hydrogen-bond acceptors (Lipinski definition) is 3. The Morgan fingerprint density at radius 3 is 1.95 bits per heavy atom. The number of carbonyl (C=O) groups excluding carboxylic acids is 1. The maximum atomic E-state index is 11.7. The maximum Gasteiger partial charge on any atom is 0.211 e. The van der Waals surface area contributed by atoms with Crippen LogP contribution in [0.5, 0.6) is 0 Å². The van der Waals surface area contributed by atoms with Crippen molar-refractivity contribution in [3.05, 3.63) is 0 Å². The smallest absolute Gasteiger partial charge is 0.211 e. The highest BCUT2D eigenvalue weighted by molar-refractivity contribution is 5.48. The van der Waals surface area contributed by atoms with Gasteiger partial charge in [0.1, 0.15) is 0 Å².